The van der Waals surface area contributed by atoms with E-state index in [1.165, 1.54) is 28.7 Å². The number of sulfonamides is 1. The van der Waals surface area contributed by atoms with Crippen LogP contribution in [-0.2, 0) is 16.2 Å². The van der Waals surface area contributed by atoms with Crippen LogP contribution in [0.3, 0.4) is 0 Å². The Bertz CT molecular complexity index is 1530. The normalized spacial score (nSPS) is 19.0. The molecule has 1 N–H and O–H groups in total. The van der Waals surface area contributed by atoms with Crippen molar-refractivity contribution < 1.29 is 30.8 Å². The van der Waals surface area contributed by atoms with Crippen LogP contribution >= 0.6 is 11.6 Å². The number of carbonyl (C=O) groups excluding carboxylic acids is 1. The number of pyridine rings is 1. The van der Waals surface area contributed by atoms with E-state index >= 15 is 0 Å². The average Bonchev–Trinajstić information content (AvgIpc) is 3.26. The van der Waals surface area contributed by atoms with Crippen molar-refractivity contribution in [1.29, 1.82) is 0 Å². The van der Waals surface area contributed by atoms with Gasteiger partial charge in [0.25, 0.3) is 11.9 Å². The topological polar surface area (TPSA) is 112 Å². The lowest BCUT2D eigenvalue weighted by Gasteiger charge is -2.29. The number of hydrogen-bond acceptors (Lipinski definition) is 8. The molecule has 3 aromatic rings. The fourth-order valence-electron chi connectivity index (χ4n) is 5.14. The van der Waals surface area contributed by atoms with Gasteiger partial charge in [-0.05, 0) is 49.4 Å². The zero-order valence-corrected chi connectivity index (χ0v) is 24.3. The van der Waals surface area contributed by atoms with Gasteiger partial charge < -0.3 is 19.5 Å². The molecule has 1 aromatic carbocycles. The molecule has 4 heterocycles. The molecule has 2 aliphatic rings. The molecule has 15 heteroatoms. The maximum absolute atomic E-state index is 13.7. The van der Waals surface area contributed by atoms with Gasteiger partial charge >= 0.3 is 6.18 Å². The second kappa shape index (κ2) is 12.1. The zero-order valence-electron chi connectivity index (χ0n) is 22.8. The lowest BCUT2D eigenvalue weighted by molar-refractivity contribution is -0.141. The number of rotatable bonds is 6. The number of carbonyl (C=O) groups is 1. The molecule has 1 unspecified atom stereocenters. The molecule has 1 atom stereocenters. The summed E-state index contributed by atoms with van der Waals surface area (Å²) >= 11 is 6.13. The second-order valence-electron chi connectivity index (χ2n) is 10.4. The maximum atomic E-state index is 13.7. The van der Waals surface area contributed by atoms with Gasteiger partial charge in [0.05, 0.1) is 16.9 Å². The Labute approximate surface area is 246 Å². The predicted molar refractivity (Wildman–Crippen MR) is 151 cm³/mol. The van der Waals surface area contributed by atoms with Gasteiger partial charge in [-0.3, -0.25) is 4.79 Å². The van der Waals surface area contributed by atoms with E-state index in [1.54, 1.807) is 23.1 Å². The Morgan fingerprint density at radius 3 is 2.50 bits per heavy atom. The number of halogens is 4. The van der Waals surface area contributed by atoms with E-state index in [0.717, 1.165) is 12.8 Å². The third kappa shape index (κ3) is 6.50. The largest absolute Gasteiger partial charge is 0.437 e. The highest BCUT2D eigenvalue weighted by Gasteiger charge is 2.42. The van der Waals surface area contributed by atoms with E-state index < -0.39 is 33.6 Å². The van der Waals surface area contributed by atoms with Crippen LogP contribution in [0.4, 0.5) is 30.7 Å². The van der Waals surface area contributed by atoms with E-state index in [1.807, 2.05) is 11.8 Å². The summed E-state index contributed by atoms with van der Waals surface area (Å²) in [7, 11) is -3.78. The number of alkyl halides is 3. The summed E-state index contributed by atoms with van der Waals surface area (Å²) in [5, 5.41) is 2.57. The first kappa shape index (κ1) is 30.1. The molecule has 2 aliphatic heterocycles. The molecule has 2 saturated heterocycles. The van der Waals surface area contributed by atoms with Crippen LogP contribution in [0.1, 0.15) is 42.4 Å². The van der Waals surface area contributed by atoms with Crippen LogP contribution in [0.5, 0.6) is 0 Å². The second-order valence-corrected chi connectivity index (χ2v) is 12.7. The smallest absolute Gasteiger partial charge is 0.417 e. The highest BCUT2D eigenvalue weighted by Crippen LogP contribution is 2.35. The lowest BCUT2D eigenvalue weighted by Crippen LogP contribution is -2.35. The zero-order chi connectivity index (χ0) is 30.1. The Morgan fingerprint density at radius 2 is 1.81 bits per heavy atom. The average molecular weight is 627 g/mol. The number of aromatic nitrogens is 2. The SMILES string of the molecule is CC1CCCN(c2nc(C(F)(F)F)c(C(=O)Nc3ccc(N4CCCN(S(=O)(=O)c5ccccc5Cl)CC4)nc3)o2)C1. The van der Waals surface area contributed by atoms with Gasteiger partial charge in [-0.1, -0.05) is 30.7 Å². The quantitative estimate of drug-likeness (QED) is 0.401. The predicted octanol–water partition coefficient (Wildman–Crippen LogP) is 5.13. The maximum Gasteiger partial charge on any atom is 0.437 e. The molecule has 0 radical (unpaired) electrons. The van der Waals surface area contributed by atoms with Crippen molar-refractivity contribution in [2.45, 2.75) is 37.3 Å². The van der Waals surface area contributed by atoms with Crippen molar-refractivity contribution in [3.05, 3.63) is 59.1 Å². The molecule has 2 fully saturated rings. The van der Waals surface area contributed by atoms with E-state index in [4.69, 9.17) is 16.0 Å². The molecule has 2 aromatic heterocycles. The van der Waals surface area contributed by atoms with E-state index in [9.17, 15) is 26.4 Å². The fourth-order valence-corrected chi connectivity index (χ4v) is 7.11. The molecular weight excluding hydrogens is 597 g/mol. The van der Waals surface area contributed by atoms with Gasteiger partial charge in [0.1, 0.15) is 10.7 Å². The number of oxazole rings is 1. The summed E-state index contributed by atoms with van der Waals surface area (Å²) in [4.78, 5) is 24.4. The van der Waals surface area contributed by atoms with Crippen molar-refractivity contribution in [3.8, 4) is 0 Å². The number of piperidine rings is 1. The monoisotopic (exact) mass is 626 g/mol. The van der Waals surface area contributed by atoms with Gasteiger partial charge in [-0.25, -0.2) is 13.4 Å². The van der Waals surface area contributed by atoms with Gasteiger partial charge in [0, 0.05) is 39.3 Å². The number of nitrogens with zero attached hydrogens (tertiary/aromatic N) is 5. The number of hydrogen-bond donors (Lipinski definition) is 1. The van der Waals surface area contributed by atoms with Crippen molar-refractivity contribution in [2.24, 2.45) is 5.92 Å². The van der Waals surface area contributed by atoms with E-state index in [0.29, 0.717) is 45.0 Å². The van der Waals surface area contributed by atoms with Gasteiger partial charge in [-0.2, -0.15) is 22.5 Å². The van der Waals surface area contributed by atoms with Gasteiger partial charge in [0.15, 0.2) is 5.69 Å². The first-order valence-electron chi connectivity index (χ1n) is 13.5. The fraction of sp³-hybridized carbons (Fsp3) is 0.444. The summed E-state index contributed by atoms with van der Waals surface area (Å²) in [5.41, 5.74) is -1.21. The highest BCUT2D eigenvalue weighted by molar-refractivity contribution is 7.89. The first-order valence-corrected chi connectivity index (χ1v) is 15.4. The molecule has 0 aliphatic carbocycles. The number of nitrogens with one attached hydrogen (secondary N) is 1. The Kier molecular flexibility index (Phi) is 8.67. The van der Waals surface area contributed by atoms with Crippen LogP contribution in [0.15, 0.2) is 51.9 Å². The van der Waals surface area contributed by atoms with Crippen LogP contribution in [0, 0.1) is 5.92 Å². The van der Waals surface area contributed by atoms with Crippen LogP contribution in [-0.4, -0.2) is 67.9 Å². The van der Waals surface area contributed by atoms with E-state index in [2.05, 4.69) is 15.3 Å². The highest BCUT2D eigenvalue weighted by atomic mass is 35.5. The molecular formula is C27H30ClF3N6O4S. The van der Waals surface area contributed by atoms with Crippen LogP contribution in [0.2, 0.25) is 5.02 Å². The summed E-state index contributed by atoms with van der Waals surface area (Å²) in [6.07, 6.45) is -1.27. The molecule has 42 heavy (non-hydrogen) atoms. The lowest BCUT2D eigenvalue weighted by atomic mass is 10.0. The minimum atomic E-state index is -4.88. The third-order valence-electron chi connectivity index (χ3n) is 7.26. The molecule has 10 nitrogen and oxygen atoms in total. The molecule has 5 rings (SSSR count). The third-order valence-corrected chi connectivity index (χ3v) is 9.66. The molecule has 0 saturated carbocycles. The Morgan fingerprint density at radius 1 is 1.05 bits per heavy atom. The van der Waals surface area contributed by atoms with Gasteiger partial charge in [0.2, 0.25) is 15.8 Å². The molecule has 0 spiro atoms. The van der Waals surface area contributed by atoms with Crippen molar-refractivity contribution in [3.63, 3.8) is 0 Å². The van der Waals surface area contributed by atoms with E-state index in [-0.39, 0.29) is 34.1 Å². The standard InChI is InChI=1S/C27H30ClF3N6O4S/c1-18-6-4-11-36(17-18)26-34-24(27(29,30)31)23(41-26)25(38)33-19-9-10-22(32-16-19)35-12-5-13-37(15-14-35)42(39,40)21-8-3-2-7-20(21)28/h2-3,7-10,16,18H,4-6,11-15,17H2,1H3,(H,33,38). The Hall–Kier alpha value is -3.36. The summed E-state index contributed by atoms with van der Waals surface area (Å²) in [6.45, 7) is 4.37. The van der Waals surface area contributed by atoms with Crippen LogP contribution in [0.25, 0.3) is 0 Å². The minimum Gasteiger partial charge on any atom is -0.417 e. The summed E-state index contributed by atoms with van der Waals surface area (Å²) in [5.74, 6) is -1.20. The number of benzene rings is 1. The van der Waals surface area contributed by atoms with Gasteiger partial charge in [-0.15, -0.1) is 0 Å². The summed E-state index contributed by atoms with van der Waals surface area (Å²) in [6, 6.07) is 9.19. The first-order chi connectivity index (χ1) is 19.9. The molecule has 226 valence electrons. The van der Waals surface area contributed by atoms with Crippen molar-refractivity contribution in [1.82, 2.24) is 14.3 Å². The van der Waals surface area contributed by atoms with Crippen molar-refractivity contribution in [2.75, 3.05) is 54.4 Å². The molecule has 0 bridgehead atoms. The van der Waals surface area contributed by atoms with Crippen molar-refractivity contribution >= 4 is 45.1 Å². The number of amides is 1. The number of anilines is 3. The minimum absolute atomic E-state index is 0.0522. The summed E-state index contributed by atoms with van der Waals surface area (Å²) < 4.78 is 74.2. The van der Waals surface area contributed by atoms with Crippen LogP contribution < -0.4 is 15.1 Å². The Balaban J connectivity index is 1.26. The molecule has 1 amide bonds.